The summed E-state index contributed by atoms with van der Waals surface area (Å²) in [4.78, 5) is 11.5. The third-order valence-electron chi connectivity index (χ3n) is 3.92. The first-order chi connectivity index (χ1) is 10.8. The van der Waals surface area contributed by atoms with E-state index in [1.165, 1.54) is 0 Å². The number of benzene rings is 1. The van der Waals surface area contributed by atoms with Gasteiger partial charge in [-0.3, -0.25) is 4.79 Å². The molecular weight excluding hydrogens is 312 g/mol. The van der Waals surface area contributed by atoms with E-state index in [0.717, 1.165) is 18.2 Å². The zero-order chi connectivity index (χ0) is 17.0. The van der Waals surface area contributed by atoms with E-state index in [-0.39, 0.29) is 23.9 Å². The molecule has 1 aromatic carbocycles. The van der Waals surface area contributed by atoms with Crippen LogP contribution in [0.25, 0.3) is 5.57 Å². The number of hydrogen-bond donors (Lipinski definition) is 0. The molecule has 2 nitrogen and oxygen atoms in total. The van der Waals surface area contributed by atoms with Crippen LogP contribution in [0.3, 0.4) is 0 Å². The maximum absolute atomic E-state index is 14.0. The Morgan fingerprint density at radius 3 is 2.65 bits per heavy atom. The number of carbonyl (C=O) groups is 1. The van der Waals surface area contributed by atoms with Crippen molar-refractivity contribution in [2.45, 2.75) is 38.8 Å². The Bertz CT molecular complexity index is 605. The molecule has 0 aromatic heterocycles. The maximum Gasteiger partial charge on any atom is 0.417 e. The molecule has 0 radical (unpaired) electrons. The lowest BCUT2D eigenvalue weighted by Crippen LogP contribution is -2.15. The van der Waals surface area contributed by atoms with E-state index in [1.807, 2.05) is 0 Å². The van der Waals surface area contributed by atoms with Crippen LogP contribution < -0.4 is 0 Å². The molecule has 2 rings (SSSR count). The molecule has 1 aliphatic carbocycles. The van der Waals surface area contributed by atoms with Crippen molar-refractivity contribution >= 4 is 11.5 Å². The molecule has 23 heavy (non-hydrogen) atoms. The van der Waals surface area contributed by atoms with Crippen molar-refractivity contribution in [1.29, 1.82) is 0 Å². The molecule has 0 bridgehead atoms. The average Bonchev–Trinajstić information content (AvgIpc) is 2.47. The van der Waals surface area contributed by atoms with E-state index in [9.17, 15) is 22.4 Å². The lowest BCUT2D eigenvalue weighted by Gasteiger charge is -2.23. The lowest BCUT2D eigenvalue weighted by atomic mass is 9.83. The number of hydrogen-bond acceptors (Lipinski definition) is 2. The molecule has 126 valence electrons. The van der Waals surface area contributed by atoms with E-state index in [4.69, 9.17) is 4.74 Å². The van der Waals surface area contributed by atoms with E-state index < -0.39 is 17.6 Å². The Labute approximate surface area is 132 Å². The second-order valence-corrected chi connectivity index (χ2v) is 5.54. The van der Waals surface area contributed by atoms with Gasteiger partial charge in [0.2, 0.25) is 0 Å². The van der Waals surface area contributed by atoms with Crippen LogP contribution in [0, 0.1) is 11.7 Å². The van der Waals surface area contributed by atoms with Gasteiger partial charge < -0.3 is 4.74 Å². The first-order valence-electron chi connectivity index (χ1n) is 7.53. The highest BCUT2D eigenvalue weighted by atomic mass is 19.4. The molecule has 0 spiro atoms. The first kappa shape index (κ1) is 17.5. The van der Waals surface area contributed by atoms with Crippen LogP contribution in [-0.4, -0.2) is 12.6 Å². The van der Waals surface area contributed by atoms with Gasteiger partial charge in [-0.2, -0.15) is 13.2 Å². The van der Waals surface area contributed by atoms with Crippen LogP contribution in [0.4, 0.5) is 17.6 Å². The minimum atomic E-state index is -4.60. The summed E-state index contributed by atoms with van der Waals surface area (Å²) in [5, 5.41) is 0. The van der Waals surface area contributed by atoms with Gasteiger partial charge in [-0.1, -0.05) is 12.1 Å². The van der Waals surface area contributed by atoms with Gasteiger partial charge in [0.25, 0.3) is 0 Å². The van der Waals surface area contributed by atoms with E-state index in [2.05, 4.69) is 0 Å². The van der Waals surface area contributed by atoms with Crippen LogP contribution in [0.2, 0.25) is 0 Å². The summed E-state index contributed by atoms with van der Waals surface area (Å²) in [7, 11) is 0. The molecule has 1 aromatic rings. The van der Waals surface area contributed by atoms with E-state index in [1.54, 1.807) is 13.0 Å². The number of carbonyl (C=O) groups excluding carboxylic acids is 1. The quantitative estimate of drug-likeness (QED) is 0.575. The van der Waals surface area contributed by atoms with E-state index >= 15 is 0 Å². The van der Waals surface area contributed by atoms with Crippen molar-refractivity contribution in [3.05, 3.63) is 41.2 Å². The van der Waals surface area contributed by atoms with Crippen molar-refractivity contribution in [3.63, 3.8) is 0 Å². The number of ether oxygens (including phenoxy) is 1. The molecule has 1 aliphatic rings. The number of esters is 1. The highest BCUT2D eigenvalue weighted by Crippen LogP contribution is 2.40. The Hall–Kier alpha value is -1.85. The molecule has 0 N–H and O–H groups in total. The zero-order valence-corrected chi connectivity index (χ0v) is 12.8. The normalized spacial score (nSPS) is 18.5. The number of alkyl halides is 3. The highest BCUT2D eigenvalue weighted by molar-refractivity contribution is 5.72. The predicted octanol–water partition coefficient (Wildman–Crippen LogP) is 4.98. The largest absolute Gasteiger partial charge is 0.466 e. The van der Waals surface area contributed by atoms with E-state index in [0.29, 0.717) is 31.4 Å². The fraction of sp³-hybridized carbons (Fsp3) is 0.471. The smallest absolute Gasteiger partial charge is 0.417 e. The van der Waals surface area contributed by atoms with Crippen LogP contribution in [0.1, 0.15) is 43.7 Å². The first-order valence-corrected chi connectivity index (χ1v) is 7.53. The van der Waals surface area contributed by atoms with Crippen molar-refractivity contribution < 1.29 is 27.1 Å². The molecule has 1 unspecified atom stereocenters. The van der Waals surface area contributed by atoms with Crippen molar-refractivity contribution in [3.8, 4) is 0 Å². The summed E-state index contributed by atoms with van der Waals surface area (Å²) in [6.07, 6.45) is -1.45. The summed E-state index contributed by atoms with van der Waals surface area (Å²) in [5.74, 6) is -1.15. The van der Waals surface area contributed by atoms with Crippen LogP contribution in [0.15, 0.2) is 24.3 Å². The summed E-state index contributed by atoms with van der Waals surface area (Å²) < 4.78 is 58.0. The van der Waals surface area contributed by atoms with Gasteiger partial charge in [0.05, 0.1) is 12.2 Å². The molecule has 0 saturated carbocycles. The molecule has 0 amide bonds. The van der Waals surface area contributed by atoms with Crippen LogP contribution in [-0.2, 0) is 15.7 Å². The Morgan fingerprint density at radius 1 is 1.35 bits per heavy atom. The summed E-state index contributed by atoms with van der Waals surface area (Å²) in [6, 6.07) is 2.99. The monoisotopic (exact) mass is 330 g/mol. The second kappa shape index (κ2) is 7.15. The minimum absolute atomic E-state index is 0.0268. The zero-order valence-electron chi connectivity index (χ0n) is 12.8. The molecule has 1 atom stereocenters. The molecule has 0 aliphatic heterocycles. The van der Waals surface area contributed by atoms with Crippen molar-refractivity contribution in [2.24, 2.45) is 5.92 Å². The number of rotatable bonds is 4. The predicted molar refractivity (Wildman–Crippen MR) is 78.0 cm³/mol. The van der Waals surface area contributed by atoms with Gasteiger partial charge in [-0.25, -0.2) is 4.39 Å². The van der Waals surface area contributed by atoms with Gasteiger partial charge in [0, 0.05) is 12.0 Å². The molecular formula is C17H18F4O2. The van der Waals surface area contributed by atoms with Crippen LogP contribution in [0.5, 0.6) is 0 Å². The summed E-state index contributed by atoms with van der Waals surface area (Å²) in [5.41, 5.74) is -0.960. The Kier molecular flexibility index (Phi) is 5.44. The number of allylic oxidation sites excluding steroid dienone is 2. The number of halogens is 4. The molecule has 0 fully saturated rings. The molecule has 0 heterocycles. The third kappa shape index (κ3) is 4.33. The average molecular weight is 330 g/mol. The maximum atomic E-state index is 14.0. The third-order valence-corrected chi connectivity index (χ3v) is 3.92. The summed E-state index contributed by atoms with van der Waals surface area (Å²) in [6.45, 7) is 2.02. The SMILES string of the molecule is CCOC(=O)CC1CC=C(c2c(F)cccc2C(F)(F)F)CC1. The fourth-order valence-electron chi connectivity index (χ4n) is 2.84. The van der Waals surface area contributed by atoms with Gasteiger partial charge in [-0.05, 0) is 49.8 Å². The minimum Gasteiger partial charge on any atom is -0.466 e. The lowest BCUT2D eigenvalue weighted by molar-refractivity contribution is -0.144. The molecule has 6 heteroatoms. The Balaban J connectivity index is 2.19. The second-order valence-electron chi connectivity index (χ2n) is 5.54. The topological polar surface area (TPSA) is 26.3 Å². The van der Waals surface area contributed by atoms with Gasteiger partial charge in [0.15, 0.2) is 0 Å². The van der Waals surface area contributed by atoms with Crippen LogP contribution >= 0.6 is 0 Å². The highest BCUT2D eigenvalue weighted by Gasteiger charge is 2.36. The Morgan fingerprint density at radius 2 is 2.09 bits per heavy atom. The summed E-state index contributed by atoms with van der Waals surface area (Å²) >= 11 is 0. The fourth-order valence-corrected chi connectivity index (χ4v) is 2.84. The van der Waals surface area contributed by atoms with Crippen molar-refractivity contribution in [2.75, 3.05) is 6.61 Å². The standard InChI is InChI=1S/C17H18F4O2/c1-2-23-15(22)10-11-6-8-12(9-7-11)16-13(17(19,20)21)4-3-5-14(16)18/h3-5,8,11H,2,6-7,9-10H2,1H3. The van der Waals surface area contributed by atoms with Gasteiger partial charge in [-0.15, -0.1) is 0 Å². The van der Waals surface area contributed by atoms with Crippen molar-refractivity contribution in [1.82, 2.24) is 0 Å². The van der Waals surface area contributed by atoms with Gasteiger partial charge in [0.1, 0.15) is 5.82 Å². The molecule has 0 saturated heterocycles. The van der Waals surface area contributed by atoms with Gasteiger partial charge >= 0.3 is 12.1 Å².